The quantitative estimate of drug-likeness (QED) is 0.625. The summed E-state index contributed by atoms with van der Waals surface area (Å²) in [5.41, 5.74) is 0.503. The van der Waals surface area contributed by atoms with Crippen LogP contribution in [-0.4, -0.2) is 23.9 Å². The summed E-state index contributed by atoms with van der Waals surface area (Å²) in [7, 11) is 1.77. The van der Waals surface area contributed by atoms with Gasteiger partial charge in [-0.25, -0.2) is 4.39 Å². The van der Waals surface area contributed by atoms with Gasteiger partial charge in [0.15, 0.2) is 6.04 Å². The first-order chi connectivity index (χ1) is 11.4. The molecule has 126 valence electrons. The molecule has 0 saturated carbocycles. The summed E-state index contributed by atoms with van der Waals surface area (Å²) >= 11 is 0. The molecule has 0 bridgehead atoms. The number of para-hydroxylation sites is 2. The van der Waals surface area contributed by atoms with Gasteiger partial charge >= 0.3 is 0 Å². The maximum Gasteiger partial charge on any atom is 0.292 e. The van der Waals surface area contributed by atoms with Crippen LogP contribution in [0.1, 0.15) is 12.5 Å². The minimum atomic E-state index is -0.545. The van der Waals surface area contributed by atoms with Crippen molar-refractivity contribution in [2.75, 3.05) is 12.4 Å². The third kappa shape index (κ3) is 4.14. The SMILES string of the molecule is C[C@H](C(=O)Nc1ccccc1[N+](=O)[O-])[NH+](C)Cc1ccccc1F. The lowest BCUT2D eigenvalue weighted by Crippen LogP contribution is -3.12. The second kappa shape index (κ2) is 7.65. The zero-order valence-electron chi connectivity index (χ0n) is 13.5. The molecule has 24 heavy (non-hydrogen) atoms. The fourth-order valence-corrected chi connectivity index (χ4v) is 2.30. The van der Waals surface area contributed by atoms with Crippen LogP contribution in [0.2, 0.25) is 0 Å². The highest BCUT2D eigenvalue weighted by Crippen LogP contribution is 2.23. The Morgan fingerprint density at radius 3 is 2.54 bits per heavy atom. The Bertz CT molecular complexity index is 751. The molecule has 2 aromatic carbocycles. The van der Waals surface area contributed by atoms with Crippen LogP contribution in [-0.2, 0) is 11.3 Å². The molecule has 0 saturated heterocycles. The van der Waals surface area contributed by atoms with Crippen molar-refractivity contribution in [3.8, 4) is 0 Å². The molecule has 0 aliphatic rings. The number of hydrogen-bond donors (Lipinski definition) is 2. The molecule has 7 heteroatoms. The highest BCUT2D eigenvalue weighted by molar-refractivity contribution is 5.95. The van der Waals surface area contributed by atoms with Crippen LogP contribution in [0.15, 0.2) is 48.5 Å². The van der Waals surface area contributed by atoms with E-state index in [0.29, 0.717) is 12.1 Å². The first-order valence-corrected chi connectivity index (χ1v) is 7.50. The Labute approximate surface area is 139 Å². The zero-order chi connectivity index (χ0) is 17.7. The van der Waals surface area contributed by atoms with E-state index in [2.05, 4.69) is 5.32 Å². The Morgan fingerprint density at radius 1 is 1.25 bits per heavy atom. The molecule has 6 nitrogen and oxygen atoms in total. The summed E-state index contributed by atoms with van der Waals surface area (Å²) in [4.78, 5) is 23.6. The van der Waals surface area contributed by atoms with E-state index in [9.17, 15) is 19.3 Å². The molecule has 0 aliphatic carbocycles. The standard InChI is InChI=1S/C17H18FN3O3/c1-12(20(2)11-13-7-3-4-8-14(13)18)17(22)19-15-9-5-6-10-16(15)21(23)24/h3-10,12H,11H2,1-2H3,(H,19,22)/p+1/t12-/m1/s1. The number of nitro groups is 1. The molecule has 2 rings (SSSR count). The number of nitrogens with one attached hydrogen (secondary N) is 2. The Balaban J connectivity index is 2.07. The summed E-state index contributed by atoms with van der Waals surface area (Å²) in [5.74, 6) is -0.679. The van der Waals surface area contributed by atoms with Crippen molar-refractivity contribution in [2.45, 2.75) is 19.5 Å². The largest absolute Gasteiger partial charge is 0.324 e. The van der Waals surface area contributed by atoms with Crippen LogP contribution in [0.4, 0.5) is 15.8 Å². The lowest BCUT2D eigenvalue weighted by molar-refractivity contribution is -0.908. The summed E-state index contributed by atoms with van der Waals surface area (Å²) < 4.78 is 13.7. The molecular formula is C17H19FN3O3+. The normalized spacial score (nSPS) is 13.1. The van der Waals surface area contributed by atoms with Crippen LogP contribution in [0.5, 0.6) is 0 Å². The van der Waals surface area contributed by atoms with Gasteiger partial charge in [-0.3, -0.25) is 14.9 Å². The molecule has 2 N–H and O–H groups in total. The van der Waals surface area contributed by atoms with Crippen molar-refractivity contribution in [3.05, 3.63) is 70.0 Å². The fourth-order valence-electron chi connectivity index (χ4n) is 2.30. The van der Waals surface area contributed by atoms with Crippen molar-refractivity contribution >= 4 is 17.3 Å². The van der Waals surface area contributed by atoms with Crippen molar-refractivity contribution in [2.24, 2.45) is 0 Å². The van der Waals surface area contributed by atoms with E-state index in [1.54, 1.807) is 38.2 Å². The minimum Gasteiger partial charge on any atom is -0.324 e. The van der Waals surface area contributed by atoms with Crippen LogP contribution in [0.3, 0.4) is 0 Å². The molecular weight excluding hydrogens is 313 g/mol. The number of likely N-dealkylation sites (N-methyl/N-ethyl adjacent to an activating group) is 1. The lowest BCUT2D eigenvalue weighted by Gasteiger charge is -2.21. The van der Waals surface area contributed by atoms with Gasteiger partial charge in [-0.2, -0.15) is 0 Å². The van der Waals surface area contributed by atoms with Crippen molar-refractivity contribution in [1.29, 1.82) is 0 Å². The highest BCUT2D eigenvalue weighted by Gasteiger charge is 2.25. The number of hydrogen-bond acceptors (Lipinski definition) is 3. The van der Waals surface area contributed by atoms with E-state index < -0.39 is 11.0 Å². The number of benzene rings is 2. The van der Waals surface area contributed by atoms with E-state index in [1.165, 1.54) is 24.3 Å². The number of carbonyl (C=O) groups is 1. The van der Waals surface area contributed by atoms with Gasteiger partial charge in [0.1, 0.15) is 18.0 Å². The van der Waals surface area contributed by atoms with E-state index in [0.717, 1.165) is 4.90 Å². The van der Waals surface area contributed by atoms with Crippen LogP contribution in [0, 0.1) is 15.9 Å². The summed E-state index contributed by atoms with van der Waals surface area (Å²) in [6, 6.07) is 11.8. The number of amides is 1. The van der Waals surface area contributed by atoms with E-state index in [1.807, 2.05) is 0 Å². The van der Waals surface area contributed by atoms with Gasteiger partial charge in [0.25, 0.3) is 11.6 Å². The second-order valence-corrected chi connectivity index (χ2v) is 5.60. The Morgan fingerprint density at radius 2 is 1.88 bits per heavy atom. The number of quaternary nitrogens is 1. The van der Waals surface area contributed by atoms with Gasteiger partial charge in [0, 0.05) is 11.6 Å². The third-order valence-corrected chi connectivity index (χ3v) is 3.92. The first-order valence-electron chi connectivity index (χ1n) is 7.50. The zero-order valence-corrected chi connectivity index (χ0v) is 13.5. The number of nitro benzene ring substituents is 1. The highest BCUT2D eigenvalue weighted by atomic mass is 19.1. The smallest absolute Gasteiger partial charge is 0.292 e. The molecule has 0 radical (unpaired) electrons. The van der Waals surface area contributed by atoms with Crippen molar-refractivity contribution in [3.63, 3.8) is 0 Å². The number of nitrogens with zero attached hydrogens (tertiary/aromatic N) is 1. The monoisotopic (exact) mass is 332 g/mol. The summed E-state index contributed by atoms with van der Waals surface area (Å²) in [6.45, 7) is 2.03. The maximum absolute atomic E-state index is 13.7. The molecule has 2 aromatic rings. The average Bonchev–Trinajstić information content (AvgIpc) is 2.56. The molecule has 0 aromatic heterocycles. The summed E-state index contributed by atoms with van der Waals surface area (Å²) in [6.07, 6.45) is 0. The molecule has 1 unspecified atom stereocenters. The van der Waals surface area contributed by atoms with Gasteiger partial charge in [-0.05, 0) is 19.1 Å². The number of rotatable bonds is 6. The molecule has 0 aliphatic heterocycles. The Kier molecular flexibility index (Phi) is 5.59. The van der Waals surface area contributed by atoms with Crippen LogP contribution < -0.4 is 10.2 Å². The first kappa shape index (κ1) is 17.6. The summed E-state index contributed by atoms with van der Waals surface area (Å²) in [5, 5.41) is 13.6. The van der Waals surface area contributed by atoms with E-state index in [4.69, 9.17) is 0 Å². The number of carbonyl (C=O) groups excluding carboxylic acids is 1. The van der Waals surface area contributed by atoms with Crippen LogP contribution >= 0.6 is 0 Å². The van der Waals surface area contributed by atoms with E-state index >= 15 is 0 Å². The van der Waals surface area contributed by atoms with Gasteiger partial charge in [-0.15, -0.1) is 0 Å². The predicted octanol–water partition coefficient (Wildman–Crippen LogP) is 1.78. The van der Waals surface area contributed by atoms with Crippen LogP contribution in [0.25, 0.3) is 0 Å². The average molecular weight is 332 g/mol. The minimum absolute atomic E-state index is 0.151. The molecule has 1 amide bonds. The molecule has 0 heterocycles. The van der Waals surface area contributed by atoms with Gasteiger partial charge in [-0.1, -0.05) is 30.3 Å². The van der Waals surface area contributed by atoms with Gasteiger partial charge in [0.2, 0.25) is 0 Å². The maximum atomic E-state index is 13.7. The number of halogens is 1. The van der Waals surface area contributed by atoms with Gasteiger partial charge in [0.05, 0.1) is 12.0 Å². The second-order valence-electron chi connectivity index (χ2n) is 5.60. The molecule has 0 fully saturated rings. The predicted molar refractivity (Wildman–Crippen MR) is 88.2 cm³/mol. The topological polar surface area (TPSA) is 76.7 Å². The third-order valence-electron chi connectivity index (χ3n) is 3.92. The van der Waals surface area contributed by atoms with Crippen molar-refractivity contribution in [1.82, 2.24) is 0 Å². The lowest BCUT2D eigenvalue weighted by atomic mass is 10.1. The Hall–Kier alpha value is -2.80. The van der Waals surface area contributed by atoms with Gasteiger partial charge < -0.3 is 10.2 Å². The van der Waals surface area contributed by atoms with E-state index in [-0.39, 0.29) is 23.1 Å². The fraction of sp³-hybridized carbons (Fsp3) is 0.235. The molecule has 2 atom stereocenters. The van der Waals surface area contributed by atoms with Crippen molar-refractivity contribution < 1.29 is 19.0 Å². The number of anilines is 1. The molecule has 0 spiro atoms.